The molecule has 0 N–H and O–H groups in total. The Bertz CT molecular complexity index is 1010. The first-order valence-corrected chi connectivity index (χ1v) is 10.6. The van der Waals surface area contributed by atoms with Gasteiger partial charge in [0.15, 0.2) is 0 Å². The number of ether oxygens (including phenoxy) is 1. The van der Waals surface area contributed by atoms with Crippen molar-refractivity contribution in [3.63, 3.8) is 0 Å². The number of likely N-dealkylation sites (tertiary alicyclic amines) is 1. The Labute approximate surface area is 173 Å². The van der Waals surface area contributed by atoms with Crippen LogP contribution in [0.3, 0.4) is 0 Å². The lowest BCUT2D eigenvalue weighted by molar-refractivity contribution is -0.135. The molecule has 0 unspecified atom stereocenters. The maximum atomic E-state index is 12.8. The highest BCUT2D eigenvalue weighted by molar-refractivity contribution is 8.18. The maximum Gasteiger partial charge on any atom is 0.294 e. The van der Waals surface area contributed by atoms with Gasteiger partial charge in [0.2, 0.25) is 5.91 Å². The van der Waals surface area contributed by atoms with Crippen LogP contribution in [0.25, 0.3) is 16.8 Å². The predicted molar refractivity (Wildman–Crippen MR) is 114 cm³/mol. The van der Waals surface area contributed by atoms with Gasteiger partial charge in [0.1, 0.15) is 12.3 Å². The van der Waals surface area contributed by atoms with Gasteiger partial charge in [0.25, 0.3) is 11.1 Å². The van der Waals surface area contributed by atoms with Gasteiger partial charge in [-0.2, -0.15) is 0 Å². The minimum atomic E-state index is -0.412. The zero-order chi connectivity index (χ0) is 20.4. The number of thioether (sulfide) groups is 1. The molecule has 2 aliphatic heterocycles. The largest absolute Gasteiger partial charge is 0.493 e. The fraction of sp³-hybridized carbons (Fsp3) is 0.318. The molecule has 150 valence electrons. The standard InChI is InChI=1S/C22H22N2O4S/c1-2-28-18-10-9-15(16-7-3-4-8-17(16)18)13-19-21(26)24(22(27)29-19)14-20(25)23-11-5-6-12-23/h3-4,7-10,13H,2,5-6,11-12,14H2,1H3. The van der Waals surface area contributed by atoms with E-state index in [1.54, 1.807) is 11.0 Å². The molecule has 29 heavy (non-hydrogen) atoms. The fourth-order valence-corrected chi connectivity index (χ4v) is 4.51. The highest BCUT2D eigenvalue weighted by atomic mass is 32.2. The molecule has 2 aliphatic rings. The van der Waals surface area contributed by atoms with E-state index in [9.17, 15) is 14.4 Å². The number of nitrogens with zero attached hydrogens (tertiary/aromatic N) is 2. The van der Waals surface area contributed by atoms with Crippen molar-refractivity contribution < 1.29 is 19.1 Å². The number of hydrogen-bond donors (Lipinski definition) is 0. The molecule has 7 heteroatoms. The average Bonchev–Trinajstić information content (AvgIpc) is 3.35. The maximum absolute atomic E-state index is 12.8. The van der Waals surface area contributed by atoms with Gasteiger partial charge in [-0.1, -0.05) is 30.3 Å². The van der Waals surface area contributed by atoms with Crippen LogP contribution < -0.4 is 4.74 Å². The van der Waals surface area contributed by atoms with E-state index < -0.39 is 11.1 Å². The number of carbonyl (C=O) groups is 3. The summed E-state index contributed by atoms with van der Waals surface area (Å²) in [5, 5.41) is 1.49. The second-order valence-corrected chi connectivity index (χ2v) is 7.98. The minimum absolute atomic E-state index is 0.169. The quantitative estimate of drug-likeness (QED) is 0.700. The first kappa shape index (κ1) is 19.5. The third-order valence-corrected chi connectivity index (χ3v) is 6.04. The smallest absolute Gasteiger partial charge is 0.294 e. The molecule has 0 spiro atoms. The van der Waals surface area contributed by atoms with E-state index in [-0.39, 0.29) is 12.5 Å². The molecule has 3 amide bonds. The van der Waals surface area contributed by atoms with Crippen molar-refractivity contribution >= 4 is 45.7 Å². The van der Waals surface area contributed by atoms with Crippen molar-refractivity contribution in [1.82, 2.24) is 9.80 Å². The summed E-state index contributed by atoms with van der Waals surface area (Å²) in [6.45, 7) is 3.70. The van der Waals surface area contributed by atoms with Gasteiger partial charge < -0.3 is 9.64 Å². The Hall–Kier alpha value is -2.80. The van der Waals surface area contributed by atoms with Crippen LogP contribution in [-0.2, 0) is 9.59 Å². The highest BCUT2D eigenvalue weighted by Gasteiger charge is 2.37. The molecule has 4 rings (SSSR count). The van der Waals surface area contributed by atoms with E-state index in [1.165, 1.54) is 0 Å². The molecular formula is C22H22N2O4S. The number of benzene rings is 2. The lowest BCUT2D eigenvalue weighted by Gasteiger charge is -2.18. The second-order valence-electron chi connectivity index (χ2n) is 6.99. The van der Waals surface area contributed by atoms with E-state index >= 15 is 0 Å². The summed E-state index contributed by atoms with van der Waals surface area (Å²) in [6, 6.07) is 11.6. The van der Waals surface area contributed by atoms with Crippen molar-refractivity contribution in [3.05, 3.63) is 46.9 Å². The van der Waals surface area contributed by atoms with E-state index in [0.29, 0.717) is 24.6 Å². The first-order chi connectivity index (χ1) is 14.1. The van der Waals surface area contributed by atoms with Gasteiger partial charge in [-0.3, -0.25) is 19.3 Å². The average molecular weight is 410 g/mol. The molecule has 0 saturated carbocycles. The fourth-order valence-electron chi connectivity index (χ4n) is 3.68. The SMILES string of the molecule is CCOc1ccc(C=C2SC(=O)N(CC(=O)N3CCCC3)C2=O)c2ccccc12. The predicted octanol–water partition coefficient (Wildman–Crippen LogP) is 3.90. The summed E-state index contributed by atoms with van der Waals surface area (Å²) in [7, 11) is 0. The van der Waals surface area contributed by atoms with Crippen molar-refractivity contribution in [2.45, 2.75) is 19.8 Å². The van der Waals surface area contributed by atoms with Crippen molar-refractivity contribution in [2.24, 2.45) is 0 Å². The van der Waals surface area contributed by atoms with E-state index in [0.717, 1.165) is 51.6 Å². The first-order valence-electron chi connectivity index (χ1n) is 9.76. The van der Waals surface area contributed by atoms with Crippen LogP contribution in [0.5, 0.6) is 5.75 Å². The van der Waals surface area contributed by atoms with Crippen molar-refractivity contribution in [2.75, 3.05) is 26.2 Å². The number of hydrogen-bond acceptors (Lipinski definition) is 5. The topological polar surface area (TPSA) is 66.9 Å². The van der Waals surface area contributed by atoms with Crippen LogP contribution in [0, 0.1) is 0 Å². The van der Waals surface area contributed by atoms with Crippen molar-refractivity contribution in [3.8, 4) is 5.75 Å². The number of rotatable bonds is 5. The molecule has 0 aromatic heterocycles. The summed E-state index contributed by atoms with van der Waals surface area (Å²) in [4.78, 5) is 40.6. The minimum Gasteiger partial charge on any atom is -0.493 e. The van der Waals surface area contributed by atoms with Crippen LogP contribution in [-0.4, -0.2) is 53.1 Å². The molecule has 0 atom stereocenters. The van der Waals surface area contributed by atoms with E-state index in [2.05, 4.69) is 0 Å². The summed E-state index contributed by atoms with van der Waals surface area (Å²) in [6.07, 6.45) is 3.67. The molecule has 6 nitrogen and oxygen atoms in total. The number of fused-ring (bicyclic) bond motifs is 1. The third-order valence-electron chi connectivity index (χ3n) is 5.13. The lowest BCUT2D eigenvalue weighted by Crippen LogP contribution is -2.40. The normalized spacial score (nSPS) is 18.3. The molecule has 2 saturated heterocycles. The molecule has 0 bridgehead atoms. The molecular weight excluding hydrogens is 388 g/mol. The Morgan fingerprint density at radius 1 is 1.10 bits per heavy atom. The lowest BCUT2D eigenvalue weighted by atomic mass is 10.0. The number of amides is 3. The van der Waals surface area contributed by atoms with Crippen molar-refractivity contribution in [1.29, 1.82) is 0 Å². The Morgan fingerprint density at radius 2 is 1.83 bits per heavy atom. The van der Waals surface area contributed by atoms with Crippen LogP contribution >= 0.6 is 11.8 Å². The van der Waals surface area contributed by atoms with Gasteiger partial charge in [0, 0.05) is 18.5 Å². The van der Waals surface area contributed by atoms with Crippen LogP contribution in [0.2, 0.25) is 0 Å². The van der Waals surface area contributed by atoms with Crippen LogP contribution in [0.15, 0.2) is 41.3 Å². The van der Waals surface area contributed by atoms with E-state index in [1.807, 2.05) is 43.3 Å². The zero-order valence-corrected chi connectivity index (χ0v) is 17.0. The van der Waals surface area contributed by atoms with Crippen LogP contribution in [0.4, 0.5) is 4.79 Å². The third kappa shape index (κ3) is 3.87. The number of carbonyl (C=O) groups excluding carboxylic acids is 3. The molecule has 2 aromatic carbocycles. The van der Waals surface area contributed by atoms with Gasteiger partial charge in [-0.05, 0) is 54.6 Å². The molecule has 2 fully saturated rings. The summed E-state index contributed by atoms with van der Waals surface area (Å²) >= 11 is 0.881. The Kier molecular flexibility index (Phi) is 5.58. The Morgan fingerprint density at radius 3 is 2.55 bits per heavy atom. The van der Waals surface area contributed by atoms with E-state index in [4.69, 9.17) is 4.74 Å². The molecule has 2 heterocycles. The molecule has 2 aromatic rings. The summed E-state index contributed by atoms with van der Waals surface area (Å²) in [5.41, 5.74) is 0.834. The molecule has 0 radical (unpaired) electrons. The van der Waals surface area contributed by atoms with Gasteiger partial charge >= 0.3 is 0 Å². The number of imide groups is 1. The van der Waals surface area contributed by atoms with Gasteiger partial charge in [-0.15, -0.1) is 0 Å². The van der Waals surface area contributed by atoms with Crippen LogP contribution in [0.1, 0.15) is 25.3 Å². The van der Waals surface area contributed by atoms with Gasteiger partial charge in [0.05, 0.1) is 11.5 Å². The summed E-state index contributed by atoms with van der Waals surface area (Å²) < 4.78 is 5.69. The Balaban J connectivity index is 1.60. The monoisotopic (exact) mass is 410 g/mol. The highest BCUT2D eigenvalue weighted by Crippen LogP contribution is 2.35. The second kappa shape index (κ2) is 8.29. The van der Waals surface area contributed by atoms with Gasteiger partial charge in [-0.25, -0.2) is 0 Å². The molecule has 0 aliphatic carbocycles. The summed E-state index contributed by atoms with van der Waals surface area (Å²) in [5.74, 6) is 0.202. The zero-order valence-electron chi connectivity index (χ0n) is 16.2.